The molecule has 1 aromatic carbocycles. The van der Waals surface area contributed by atoms with Crippen LogP contribution in [0.25, 0.3) is 0 Å². The average Bonchev–Trinajstić information content (AvgIpc) is 2.63. The Bertz CT molecular complexity index is 654. The fourth-order valence-electron chi connectivity index (χ4n) is 2.45. The second-order valence-corrected chi connectivity index (χ2v) is 6.39. The molecule has 1 heteroatoms. The van der Waals surface area contributed by atoms with Crippen LogP contribution in [0, 0.1) is 6.92 Å². The highest BCUT2D eigenvalue weighted by Gasteiger charge is 2.07. The number of allylic oxidation sites excluding steroid dienone is 7. The largest absolute Gasteiger partial charge is 0.386 e. The van der Waals surface area contributed by atoms with Crippen molar-refractivity contribution in [1.82, 2.24) is 5.32 Å². The Morgan fingerprint density at radius 3 is 2.40 bits per heavy atom. The van der Waals surface area contributed by atoms with E-state index in [2.05, 4.69) is 88.8 Å². The highest BCUT2D eigenvalue weighted by Crippen LogP contribution is 2.25. The van der Waals surface area contributed by atoms with Crippen LogP contribution in [-0.4, -0.2) is 0 Å². The van der Waals surface area contributed by atoms with Crippen molar-refractivity contribution in [2.24, 2.45) is 0 Å². The average molecular weight is 336 g/mol. The summed E-state index contributed by atoms with van der Waals surface area (Å²) < 4.78 is 0. The van der Waals surface area contributed by atoms with Gasteiger partial charge in [0.05, 0.1) is 0 Å². The standard InChI is InChI=1S/C24H33N/c1-7-10-11-12-23(20(5)8-2)24(21(6)9-3)18-25-17-22-15-13-19(4)14-16-22/h9,11-16,18,25H,3,6-8,10,17H2,1-2,4-5H3/b12-11-,23-20-,24-18-. The zero-order valence-electron chi connectivity index (χ0n) is 16.4. The predicted octanol–water partition coefficient (Wildman–Crippen LogP) is 6.79. The van der Waals surface area contributed by atoms with Gasteiger partial charge in [0, 0.05) is 18.3 Å². The van der Waals surface area contributed by atoms with Crippen LogP contribution >= 0.6 is 0 Å². The molecule has 0 atom stereocenters. The molecule has 0 radical (unpaired) electrons. The van der Waals surface area contributed by atoms with E-state index in [1.165, 1.54) is 22.3 Å². The molecule has 0 aliphatic heterocycles. The zero-order chi connectivity index (χ0) is 18.7. The number of unbranched alkanes of at least 4 members (excludes halogenated alkanes) is 1. The van der Waals surface area contributed by atoms with E-state index in [-0.39, 0.29) is 0 Å². The third-order valence-electron chi connectivity index (χ3n) is 4.29. The molecule has 1 aromatic rings. The number of hydrogen-bond acceptors (Lipinski definition) is 1. The summed E-state index contributed by atoms with van der Waals surface area (Å²) in [5.41, 5.74) is 7.22. The van der Waals surface area contributed by atoms with Crippen molar-refractivity contribution in [2.45, 2.75) is 53.5 Å². The lowest BCUT2D eigenvalue weighted by Gasteiger charge is -2.14. The van der Waals surface area contributed by atoms with E-state index in [1.807, 2.05) is 6.08 Å². The minimum Gasteiger partial charge on any atom is -0.386 e. The lowest BCUT2D eigenvalue weighted by molar-refractivity contribution is 0.862. The Morgan fingerprint density at radius 1 is 1.16 bits per heavy atom. The Balaban J connectivity index is 3.05. The summed E-state index contributed by atoms with van der Waals surface area (Å²) in [5.74, 6) is 0. The van der Waals surface area contributed by atoms with Gasteiger partial charge in [-0.1, -0.05) is 87.1 Å². The maximum absolute atomic E-state index is 4.18. The lowest BCUT2D eigenvalue weighted by atomic mass is 9.93. The Labute approximate surface area is 154 Å². The monoisotopic (exact) mass is 335 g/mol. The smallest absolute Gasteiger partial charge is 0.0395 e. The first-order valence-electron chi connectivity index (χ1n) is 9.20. The maximum Gasteiger partial charge on any atom is 0.0395 e. The highest BCUT2D eigenvalue weighted by atomic mass is 14.8. The van der Waals surface area contributed by atoms with Crippen molar-refractivity contribution in [1.29, 1.82) is 0 Å². The van der Waals surface area contributed by atoms with E-state index in [1.54, 1.807) is 0 Å². The molecule has 1 N–H and O–H groups in total. The Kier molecular flexibility index (Phi) is 9.39. The van der Waals surface area contributed by atoms with Gasteiger partial charge in [0.1, 0.15) is 0 Å². The summed E-state index contributed by atoms with van der Waals surface area (Å²) >= 11 is 0. The molecule has 0 aromatic heterocycles. The summed E-state index contributed by atoms with van der Waals surface area (Å²) in [6.07, 6.45) is 11.7. The van der Waals surface area contributed by atoms with Crippen LogP contribution in [0.1, 0.15) is 51.2 Å². The molecule has 0 bridgehead atoms. The quantitative estimate of drug-likeness (QED) is 0.464. The topological polar surface area (TPSA) is 12.0 Å². The molecule has 0 fully saturated rings. The number of aryl methyl sites for hydroxylation is 1. The number of rotatable bonds is 10. The minimum absolute atomic E-state index is 0.797. The van der Waals surface area contributed by atoms with E-state index in [9.17, 15) is 0 Å². The Hall–Kier alpha value is -2.28. The van der Waals surface area contributed by atoms with Crippen molar-refractivity contribution in [3.8, 4) is 0 Å². The zero-order valence-corrected chi connectivity index (χ0v) is 16.4. The van der Waals surface area contributed by atoms with E-state index < -0.39 is 0 Å². The van der Waals surface area contributed by atoms with Crippen LogP contribution in [0.3, 0.4) is 0 Å². The van der Waals surface area contributed by atoms with Gasteiger partial charge in [0.25, 0.3) is 0 Å². The first-order chi connectivity index (χ1) is 12.0. The second-order valence-electron chi connectivity index (χ2n) is 6.39. The van der Waals surface area contributed by atoms with Crippen molar-refractivity contribution >= 4 is 0 Å². The van der Waals surface area contributed by atoms with Crippen LogP contribution in [0.2, 0.25) is 0 Å². The molecule has 0 aliphatic rings. The number of nitrogens with one attached hydrogen (secondary N) is 1. The third-order valence-corrected chi connectivity index (χ3v) is 4.29. The van der Waals surface area contributed by atoms with Crippen LogP contribution < -0.4 is 5.32 Å². The van der Waals surface area contributed by atoms with Crippen LogP contribution in [-0.2, 0) is 6.54 Å². The van der Waals surface area contributed by atoms with Crippen molar-refractivity contribution in [3.05, 3.63) is 95.3 Å². The minimum atomic E-state index is 0.797. The van der Waals surface area contributed by atoms with E-state index in [0.717, 1.165) is 37.0 Å². The van der Waals surface area contributed by atoms with Crippen molar-refractivity contribution in [2.75, 3.05) is 0 Å². The molecule has 0 amide bonds. The van der Waals surface area contributed by atoms with Crippen molar-refractivity contribution in [3.63, 3.8) is 0 Å². The maximum atomic E-state index is 4.18. The molecule has 134 valence electrons. The summed E-state index contributed by atoms with van der Waals surface area (Å²) in [6, 6.07) is 8.61. The summed E-state index contributed by atoms with van der Waals surface area (Å²) in [4.78, 5) is 0. The highest BCUT2D eigenvalue weighted by molar-refractivity contribution is 5.55. The van der Waals surface area contributed by atoms with Gasteiger partial charge in [0.2, 0.25) is 0 Å². The van der Waals surface area contributed by atoms with E-state index in [0.29, 0.717) is 0 Å². The normalized spacial score (nSPS) is 12.9. The first kappa shape index (κ1) is 20.8. The molecular weight excluding hydrogens is 302 g/mol. The number of benzene rings is 1. The Morgan fingerprint density at radius 2 is 1.84 bits per heavy atom. The molecule has 0 aliphatic carbocycles. The predicted molar refractivity (Wildman–Crippen MR) is 112 cm³/mol. The van der Waals surface area contributed by atoms with Gasteiger partial charge in [-0.05, 0) is 43.4 Å². The molecule has 0 heterocycles. The second kappa shape index (κ2) is 11.3. The van der Waals surface area contributed by atoms with Gasteiger partial charge in [-0.2, -0.15) is 0 Å². The van der Waals surface area contributed by atoms with E-state index in [4.69, 9.17) is 0 Å². The van der Waals surface area contributed by atoms with E-state index >= 15 is 0 Å². The fourth-order valence-corrected chi connectivity index (χ4v) is 2.45. The fraction of sp³-hybridized carbons (Fsp3) is 0.333. The van der Waals surface area contributed by atoms with Gasteiger partial charge >= 0.3 is 0 Å². The van der Waals surface area contributed by atoms with Gasteiger partial charge in [-0.3, -0.25) is 0 Å². The molecular formula is C24H33N. The summed E-state index contributed by atoms with van der Waals surface area (Å²) in [5, 5.41) is 3.45. The van der Waals surface area contributed by atoms with Gasteiger partial charge in [-0.25, -0.2) is 0 Å². The molecule has 0 unspecified atom stereocenters. The third kappa shape index (κ3) is 7.01. The molecule has 0 spiro atoms. The SMILES string of the molecule is C=CC(=C)C(=C/NCc1ccc(C)cc1)/C(/C=C\CCC)=C(/C)CC. The van der Waals surface area contributed by atoms with Gasteiger partial charge < -0.3 is 5.32 Å². The summed E-state index contributed by atoms with van der Waals surface area (Å²) in [7, 11) is 0. The first-order valence-corrected chi connectivity index (χ1v) is 9.20. The summed E-state index contributed by atoms with van der Waals surface area (Å²) in [6.45, 7) is 17.6. The number of hydrogen-bond donors (Lipinski definition) is 1. The lowest BCUT2D eigenvalue weighted by Crippen LogP contribution is -2.08. The van der Waals surface area contributed by atoms with Crippen LogP contribution in [0.4, 0.5) is 0 Å². The van der Waals surface area contributed by atoms with Crippen molar-refractivity contribution < 1.29 is 0 Å². The molecule has 0 saturated heterocycles. The molecule has 25 heavy (non-hydrogen) atoms. The van der Waals surface area contributed by atoms with Crippen LogP contribution in [0.15, 0.2) is 84.1 Å². The molecule has 0 saturated carbocycles. The molecule has 1 rings (SSSR count). The molecule has 1 nitrogen and oxygen atoms in total. The van der Waals surface area contributed by atoms with Gasteiger partial charge in [-0.15, -0.1) is 0 Å². The van der Waals surface area contributed by atoms with Gasteiger partial charge in [0.15, 0.2) is 0 Å². The van der Waals surface area contributed by atoms with Crippen LogP contribution in [0.5, 0.6) is 0 Å².